The van der Waals surface area contributed by atoms with Gasteiger partial charge < -0.3 is 9.80 Å². The van der Waals surface area contributed by atoms with Crippen LogP contribution in [0.15, 0.2) is 0 Å². The average Bonchev–Trinajstić information content (AvgIpc) is 2.83. The Balaban J connectivity index is 1.84. The minimum absolute atomic E-state index is 0.586. The topological polar surface area (TPSA) is 30.3 Å². The Hall–Kier alpha value is -0.570. The van der Waals surface area contributed by atoms with Crippen LogP contribution in [0.3, 0.4) is 0 Å². The molecule has 0 spiro atoms. The van der Waals surface area contributed by atoms with Gasteiger partial charge in [-0.25, -0.2) is 0 Å². The minimum atomic E-state index is 0.586. The number of piperazine rings is 1. The lowest BCUT2D eigenvalue weighted by Crippen LogP contribution is -2.47. The Morgan fingerprint density at radius 3 is 2.23 bits per heavy atom. The highest BCUT2D eigenvalue weighted by atomic mass is 15.3. The van der Waals surface area contributed by atoms with Crippen LogP contribution in [-0.4, -0.2) is 48.9 Å². The quantitative estimate of drug-likeness (QED) is 0.480. The number of rotatable bonds is 1. The number of nitrogens with one attached hydrogen (secondary N) is 1. The first-order chi connectivity index (χ1) is 6.18. The summed E-state index contributed by atoms with van der Waals surface area (Å²) in [5, 5.41) is 8.00. The van der Waals surface area contributed by atoms with Crippen molar-refractivity contribution in [1.29, 1.82) is 5.41 Å². The minimum Gasteiger partial charge on any atom is -0.358 e. The molecule has 3 nitrogen and oxygen atoms in total. The maximum absolute atomic E-state index is 8.00. The van der Waals surface area contributed by atoms with Gasteiger partial charge in [0.05, 0.1) is 5.84 Å². The van der Waals surface area contributed by atoms with E-state index in [4.69, 9.17) is 5.41 Å². The Morgan fingerprint density at radius 1 is 1.23 bits per heavy atom. The van der Waals surface area contributed by atoms with Crippen molar-refractivity contribution in [3.8, 4) is 0 Å². The van der Waals surface area contributed by atoms with Gasteiger partial charge in [0.1, 0.15) is 0 Å². The molecule has 13 heavy (non-hydrogen) atoms. The molecule has 74 valence electrons. The van der Waals surface area contributed by atoms with Crippen LogP contribution in [0.5, 0.6) is 0 Å². The van der Waals surface area contributed by atoms with E-state index in [1.807, 2.05) is 0 Å². The van der Waals surface area contributed by atoms with E-state index in [0.717, 1.165) is 37.9 Å². The highest BCUT2D eigenvalue weighted by molar-refractivity contribution is 5.84. The van der Waals surface area contributed by atoms with Gasteiger partial charge in [-0.05, 0) is 19.4 Å². The summed E-state index contributed by atoms with van der Waals surface area (Å²) in [7, 11) is 2.15. The number of nitrogens with zero attached hydrogens (tertiary/aromatic N) is 2. The van der Waals surface area contributed by atoms with E-state index in [0.29, 0.717) is 5.92 Å². The van der Waals surface area contributed by atoms with Crippen molar-refractivity contribution in [2.24, 2.45) is 11.8 Å². The number of hydrogen-bond acceptors (Lipinski definition) is 2. The Labute approximate surface area is 80.2 Å². The molecule has 2 aliphatic rings. The van der Waals surface area contributed by atoms with Gasteiger partial charge in [0.25, 0.3) is 0 Å². The zero-order valence-electron chi connectivity index (χ0n) is 8.58. The van der Waals surface area contributed by atoms with Crippen LogP contribution < -0.4 is 0 Å². The summed E-state index contributed by atoms with van der Waals surface area (Å²) in [6.45, 7) is 6.58. The first-order valence-electron chi connectivity index (χ1n) is 5.20. The van der Waals surface area contributed by atoms with Gasteiger partial charge in [-0.3, -0.25) is 5.41 Å². The maximum atomic E-state index is 8.00. The first-order valence-corrected chi connectivity index (χ1v) is 5.20. The van der Waals surface area contributed by atoms with Crippen LogP contribution in [0.2, 0.25) is 0 Å². The third-order valence-corrected chi connectivity index (χ3v) is 3.30. The van der Waals surface area contributed by atoms with Crippen molar-refractivity contribution in [2.75, 3.05) is 33.2 Å². The van der Waals surface area contributed by atoms with E-state index in [1.165, 1.54) is 6.42 Å². The number of likely N-dealkylation sites (N-methyl/N-ethyl adjacent to an activating group) is 1. The molecule has 0 amide bonds. The van der Waals surface area contributed by atoms with Crippen molar-refractivity contribution in [3.63, 3.8) is 0 Å². The molecule has 0 bridgehead atoms. The number of hydrogen-bond donors (Lipinski definition) is 1. The van der Waals surface area contributed by atoms with Gasteiger partial charge in [-0.1, -0.05) is 6.92 Å². The van der Waals surface area contributed by atoms with Crippen LogP contribution in [0, 0.1) is 17.2 Å². The second kappa shape index (κ2) is 3.29. The number of amidine groups is 1. The van der Waals surface area contributed by atoms with Crippen molar-refractivity contribution in [2.45, 2.75) is 13.3 Å². The molecule has 0 radical (unpaired) electrons. The lowest BCUT2D eigenvalue weighted by molar-refractivity contribution is 0.211. The van der Waals surface area contributed by atoms with Gasteiger partial charge in [0, 0.05) is 32.1 Å². The molecule has 2 rings (SSSR count). The third kappa shape index (κ3) is 1.85. The molecular formula is C10H19N3. The second-order valence-corrected chi connectivity index (χ2v) is 4.50. The highest BCUT2D eigenvalue weighted by Crippen LogP contribution is 2.39. The van der Waals surface area contributed by atoms with Crippen LogP contribution >= 0.6 is 0 Å². The molecule has 0 aromatic heterocycles. The van der Waals surface area contributed by atoms with Crippen molar-refractivity contribution >= 4 is 5.84 Å². The molecule has 1 N–H and O–H groups in total. The molecule has 1 aliphatic heterocycles. The van der Waals surface area contributed by atoms with Crippen LogP contribution in [0.1, 0.15) is 13.3 Å². The van der Waals surface area contributed by atoms with Gasteiger partial charge in [-0.15, -0.1) is 0 Å². The zero-order valence-corrected chi connectivity index (χ0v) is 8.58. The molecule has 2 fully saturated rings. The molecule has 1 saturated heterocycles. The van der Waals surface area contributed by atoms with E-state index >= 15 is 0 Å². The molecule has 1 saturated carbocycles. The largest absolute Gasteiger partial charge is 0.358 e. The fraction of sp³-hybridized carbons (Fsp3) is 0.900. The van der Waals surface area contributed by atoms with E-state index in [2.05, 4.69) is 23.8 Å². The Kier molecular flexibility index (Phi) is 2.28. The summed E-state index contributed by atoms with van der Waals surface area (Å²) >= 11 is 0. The molecule has 1 aliphatic carbocycles. The van der Waals surface area contributed by atoms with Gasteiger partial charge in [0.15, 0.2) is 0 Å². The fourth-order valence-corrected chi connectivity index (χ4v) is 1.98. The average molecular weight is 181 g/mol. The van der Waals surface area contributed by atoms with E-state index in [9.17, 15) is 0 Å². The van der Waals surface area contributed by atoms with Gasteiger partial charge in [-0.2, -0.15) is 0 Å². The molecule has 0 aromatic rings. The molecule has 3 heteroatoms. The third-order valence-electron chi connectivity index (χ3n) is 3.30. The SMILES string of the molecule is CC1CC1C(=N)N1CCN(C)CC1. The second-order valence-electron chi connectivity index (χ2n) is 4.50. The summed E-state index contributed by atoms with van der Waals surface area (Å²) in [6.07, 6.45) is 1.24. The van der Waals surface area contributed by atoms with Crippen molar-refractivity contribution in [1.82, 2.24) is 9.80 Å². The highest BCUT2D eigenvalue weighted by Gasteiger charge is 2.39. The fourth-order valence-electron chi connectivity index (χ4n) is 1.98. The monoisotopic (exact) mass is 181 g/mol. The molecule has 2 unspecified atom stereocenters. The zero-order chi connectivity index (χ0) is 9.42. The van der Waals surface area contributed by atoms with Gasteiger partial charge >= 0.3 is 0 Å². The van der Waals surface area contributed by atoms with Crippen LogP contribution in [0.4, 0.5) is 0 Å². The first kappa shape index (κ1) is 9.00. The smallest absolute Gasteiger partial charge is 0.0993 e. The van der Waals surface area contributed by atoms with Crippen molar-refractivity contribution in [3.05, 3.63) is 0 Å². The summed E-state index contributed by atoms with van der Waals surface area (Å²) in [4.78, 5) is 4.59. The lowest BCUT2D eigenvalue weighted by Gasteiger charge is -2.34. The summed E-state index contributed by atoms with van der Waals surface area (Å²) < 4.78 is 0. The molecule has 1 heterocycles. The normalized spacial score (nSPS) is 34.8. The Morgan fingerprint density at radius 2 is 1.77 bits per heavy atom. The van der Waals surface area contributed by atoms with Crippen molar-refractivity contribution < 1.29 is 0 Å². The summed E-state index contributed by atoms with van der Waals surface area (Å²) in [6, 6.07) is 0. The Bertz CT molecular complexity index is 206. The van der Waals surface area contributed by atoms with Crippen LogP contribution in [0.25, 0.3) is 0 Å². The van der Waals surface area contributed by atoms with E-state index in [1.54, 1.807) is 0 Å². The lowest BCUT2D eigenvalue weighted by atomic mass is 10.2. The van der Waals surface area contributed by atoms with E-state index < -0.39 is 0 Å². The molecule has 2 atom stereocenters. The van der Waals surface area contributed by atoms with Crippen LogP contribution in [-0.2, 0) is 0 Å². The maximum Gasteiger partial charge on any atom is 0.0993 e. The van der Waals surface area contributed by atoms with E-state index in [-0.39, 0.29) is 0 Å². The summed E-state index contributed by atoms with van der Waals surface area (Å²) in [5.74, 6) is 2.26. The molecular weight excluding hydrogens is 162 g/mol. The van der Waals surface area contributed by atoms with Gasteiger partial charge in [0.2, 0.25) is 0 Å². The predicted molar refractivity (Wildman–Crippen MR) is 54.1 cm³/mol. The predicted octanol–water partition coefficient (Wildman–Crippen LogP) is 0.867. The standard InChI is InChI=1S/C10H19N3/c1-8-7-9(8)10(11)13-5-3-12(2)4-6-13/h8-9,11H,3-7H2,1-2H3. The molecule has 0 aromatic carbocycles. The summed E-state index contributed by atoms with van der Waals surface area (Å²) in [5.41, 5.74) is 0.